The maximum absolute atomic E-state index is 9.66. The number of carboxylic acid groups (broad SMARTS) is 1. The maximum Gasteiger partial charge on any atom is 0.300 e. The first kappa shape index (κ1) is 13.1. The van der Waals surface area contributed by atoms with Crippen molar-refractivity contribution in [3.05, 3.63) is 53.3 Å². The van der Waals surface area contributed by atoms with Gasteiger partial charge >= 0.3 is 0 Å². The summed E-state index contributed by atoms with van der Waals surface area (Å²) in [7, 11) is 0. The Labute approximate surface area is 111 Å². The topological polar surface area (TPSA) is 57.5 Å². The lowest BCUT2D eigenvalue weighted by Crippen LogP contribution is -1.84. The van der Waals surface area contributed by atoms with Gasteiger partial charge < -0.3 is 10.2 Å². The van der Waals surface area contributed by atoms with Gasteiger partial charge in [0, 0.05) is 18.9 Å². The molecule has 0 bridgehead atoms. The number of aliphatic hydroxyl groups excluding tert-OH is 1. The van der Waals surface area contributed by atoms with E-state index in [0.29, 0.717) is 5.76 Å². The van der Waals surface area contributed by atoms with E-state index in [0.717, 1.165) is 18.9 Å². The zero-order valence-electron chi connectivity index (χ0n) is 11.0. The van der Waals surface area contributed by atoms with Gasteiger partial charge in [-0.3, -0.25) is 4.79 Å². The molecule has 1 aliphatic carbocycles. The van der Waals surface area contributed by atoms with Crippen LogP contribution in [-0.4, -0.2) is 16.2 Å². The van der Waals surface area contributed by atoms with Crippen molar-refractivity contribution in [3.63, 3.8) is 0 Å². The summed E-state index contributed by atoms with van der Waals surface area (Å²) in [6.45, 7) is 2.85. The Bertz CT molecular complexity index is 655. The van der Waals surface area contributed by atoms with Crippen LogP contribution in [0.1, 0.15) is 25.0 Å². The molecule has 2 aromatic carbocycles. The molecule has 0 radical (unpaired) electrons. The average Bonchev–Trinajstić information content (AvgIpc) is 2.71. The van der Waals surface area contributed by atoms with Crippen molar-refractivity contribution >= 4 is 22.3 Å². The fourth-order valence-corrected chi connectivity index (χ4v) is 2.43. The van der Waals surface area contributed by atoms with Gasteiger partial charge in [0.25, 0.3) is 5.97 Å². The molecule has 0 atom stereocenters. The number of benzene rings is 2. The predicted molar refractivity (Wildman–Crippen MR) is 76.2 cm³/mol. The Balaban J connectivity index is 0.000000297. The van der Waals surface area contributed by atoms with E-state index < -0.39 is 5.97 Å². The summed E-state index contributed by atoms with van der Waals surface area (Å²) < 4.78 is 0. The Kier molecular flexibility index (Phi) is 3.56. The van der Waals surface area contributed by atoms with Crippen molar-refractivity contribution in [2.24, 2.45) is 0 Å². The SMILES string of the molecule is C/C(O)=C1\Cc2cccc3cccc1c23.CC(=O)O. The van der Waals surface area contributed by atoms with Gasteiger partial charge in [-0.2, -0.15) is 0 Å². The highest BCUT2D eigenvalue weighted by molar-refractivity contribution is 6.01. The number of aliphatic carboxylic acids is 1. The van der Waals surface area contributed by atoms with E-state index >= 15 is 0 Å². The standard InChI is InChI=1S/C14H12O.C2H4O2/c1-9(15)13-8-11-6-2-4-10-5-3-7-12(13)14(10)11;1-2(3)4/h2-7,15H,8H2,1H3;1H3,(H,3,4)/b13-9-;. The molecule has 0 aliphatic heterocycles. The summed E-state index contributed by atoms with van der Waals surface area (Å²) in [6.07, 6.45) is 0.860. The van der Waals surface area contributed by atoms with Gasteiger partial charge in [0.2, 0.25) is 0 Å². The first-order valence-electron chi connectivity index (χ1n) is 6.10. The molecule has 2 aromatic rings. The molecule has 0 fully saturated rings. The van der Waals surface area contributed by atoms with Crippen LogP contribution in [-0.2, 0) is 11.2 Å². The largest absolute Gasteiger partial charge is 0.512 e. The van der Waals surface area contributed by atoms with E-state index in [4.69, 9.17) is 9.90 Å². The van der Waals surface area contributed by atoms with Crippen molar-refractivity contribution in [3.8, 4) is 0 Å². The lowest BCUT2D eigenvalue weighted by atomic mass is 10.0. The minimum absolute atomic E-state index is 0.443. The maximum atomic E-state index is 9.66. The van der Waals surface area contributed by atoms with Crippen LogP contribution in [0.2, 0.25) is 0 Å². The number of allylic oxidation sites excluding steroid dienone is 2. The molecule has 2 N–H and O–H groups in total. The highest BCUT2D eigenvalue weighted by Gasteiger charge is 2.19. The molecule has 0 amide bonds. The molecule has 1 aliphatic rings. The van der Waals surface area contributed by atoms with E-state index in [-0.39, 0.29) is 0 Å². The van der Waals surface area contributed by atoms with Crippen LogP contribution in [0.25, 0.3) is 16.3 Å². The van der Waals surface area contributed by atoms with Gasteiger partial charge in [-0.05, 0) is 28.8 Å². The third-order valence-electron chi connectivity index (χ3n) is 3.12. The number of hydrogen-bond donors (Lipinski definition) is 2. The second-order valence-corrected chi connectivity index (χ2v) is 4.58. The first-order chi connectivity index (χ1) is 9.00. The molecule has 3 heteroatoms. The Morgan fingerprint density at radius 1 is 1.05 bits per heavy atom. The van der Waals surface area contributed by atoms with Gasteiger partial charge in [-0.15, -0.1) is 0 Å². The van der Waals surface area contributed by atoms with Crippen LogP contribution >= 0.6 is 0 Å². The summed E-state index contributed by atoms with van der Waals surface area (Å²) in [6, 6.07) is 12.6. The van der Waals surface area contributed by atoms with Gasteiger partial charge in [-0.25, -0.2) is 0 Å². The van der Waals surface area contributed by atoms with Crippen molar-refractivity contribution in [1.29, 1.82) is 0 Å². The highest BCUT2D eigenvalue weighted by Crippen LogP contribution is 2.38. The monoisotopic (exact) mass is 256 g/mol. The predicted octanol–water partition coefficient (Wildman–Crippen LogP) is 3.78. The van der Waals surface area contributed by atoms with Crippen molar-refractivity contribution in [2.75, 3.05) is 0 Å². The average molecular weight is 256 g/mol. The molecule has 0 saturated heterocycles. The Morgan fingerprint density at radius 3 is 2.21 bits per heavy atom. The minimum Gasteiger partial charge on any atom is -0.512 e. The van der Waals surface area contributed by atoms with E-state index in [1.165, 1.54) is 21.9 Å². The summed E-state index contributed by atoms with van der Waals surface area (Å²) >= 11 is 0. The number of carboxylic acids is 1. The van der Waals surface area contributed by atoms with Crippen LogP contribution in [0.5, 0.6) is 0 Å². The number of aliphatic hydroxyl groups is 1. The molecule has 0 spiro atoms. The molecule has 0 unspecified atom stereocenters. The first-order valence-corrected chi connectivity index (χ1v) is 6.10. The molecular formula is C16H16O3. The smallest absolute Gasteiger partial charge is 0.300 e. The lowest BCUT2D eigenvalue weighted by molar-refractivity contribution is -0.134. The summed E-state index contributed by atoms with van der Waals surface area (Å²) in [5.41, 5.74) is 3.59. The zero-order valence-corrected chi connectivity index (χ0v) is 11.0. The van der Waals surface area contributed by atoms with Gasteiger partial charge in [0.05, 0.1) is 5.76 Å². The Hall–Kier alpha value is -2.29. The quantitative estimate of drug-likeness (QED) is 0.705. The van der Waals surface area contributed by atoms with Crippen LogP contribution in [0.15, 0.2) is 42.2 Å². The fourth-order valence-electron chi connectivity index (χ4n) is 2.43. The number of hydrogen-bond acceptors (Lipinski definition) is 2. The van der Waals surface area contributed by atoms with E-state index in [9.17, 15) is 5.11 Å². The fraction of sp³-hybridized carbons (Fsp3) is 0.188. The number of carbonyl (C=O) groups is 1. The molecule has 19 heavy (non-hydrogen) atoms. The van der Waals surface area contributed by atoms with Gasteiger partial charge in [0.15, 0.2) is 0 Å². The van der Waals surface area contributed by atoms with Crippen LogP contribution in [0.3, 0.4) is 0 Å². The summed E-state index contributed by atoms with van der Waals surface area (Å²) in [4.78, 5) is 9.00. The van der Waals surface area contributed by atoms with E-state index in [2.05, 4.69) is 36.4 Å². The molecule has 0 saturated carbocycles. The van der Waals surface area contributed by atoms with Gasteiger partial charge in [-0.1, -0.05) is 36.4 Å². The molecule has 3 nitrogen and oxygen atoms in total. The van der Waals surface area contributed by atoms with Crippen LogP contribution in [0.4, 0.5) is 0 Å². The molecule has 0 aromatic heterocycles. The second-order valence-electron chi connectivity index (χ2n) is 4.58. The highest BCUT2D eigenvalue weighted by atomic mass is 16.4. The Morgan fingerprint density at radius 2 is 1.63 bits per heavy atom. The third kappa shape index (κ3) is 2.60. The van der Waals surface area contributed by atoms with Crippen molar-refractivity contribution in [2.45, 2.75) is 20.3 Å². The van der Waals surface area contributed by atoms with Crippen LogP contribution < -0.4 is 0 Å². The number of rotatable bonds is 0. The second kappa shape index (κ2) is 5.14. The third-order valence-corrected chi connectivity index (χ3v) is 3.12. The minimum atomic E-state index is -0.833. The van der Waals surface area contributed by atoms with Crippen LogP contribution in [0, 0.1) is 0 Å². The lowest BCUT2D eigenvalue weighted by Gasteiger charge is -2.01. The molecule has 0 heterocycles. The van der Waals surface area contributed by atoms with Crippen molar-refractivity contribution < 1.29 is 15.0 Å². The van der Waals surface area contributed by atoms with Gasteiger partial charge in [0.1, 0.15) is 0 Å². The van der Waals surface area contributed by atoms with Crippen molar-refractivity contribution in [1.82, 2.24) is 0 Å². The summed E-state index contributed by atoms with van der Waals surface area (Å²) in [5.74, 6) is -0.390. The van der Waals surface area contributed by atoms with E-state index in [1.54, 1.807) is 6.92 Å². The molecule has 98 valence electrons. The normalized spacial score (nSPS) is 14.8. The molecular weight excluding hydrogens is 240 g/mol. The zero-order chi connectivity index (χ0) is 14.0. The molecule has 3 rings (SSSR count). The van der Waals surface area contributed by atoms with E-state index in [1.807, 2.05) is 0 Å². The summed E-state index contributed by atoms with van der Waals surface area (Å²) in [5, 5.41) is 19.6.